The minimum absolute atomic E-state index is 0.189. The number of oxazole rings is 1. The number of nitrogens with one attached hydrogen (secondary N) is 1. The Morgan fingerprint density at radius 1 is 1.73 bits per heavy atom. The first-order valence-electron chi connectivity index (χ1n) is 5.07. The lowest BCUT2D eigenvalue weighted by Gasteiger charge is -1.97. The maximum absolute atomic E-state index is 11.0. The summed E-state index contributed by atoms with van der Waals surface area (Å²) in [5.41, 5.74) is 0.812. The number of amides is 1. The number of aryl methyl sites for hydroxylation is 1. The topological polar surface area (TPSA) is 55.1 Å². The van der Waals surface area contributed by atoms with Gasteiger partial charge in [0.05, 0.1) is 6.54 Å². The van der Waals surface area contributed by atoms with Crippen LogP contribution in [0.25, 0.3) is 0 Å². The van der Waals surface area contributed by atoms with E-state index in [4.69, 9.17) is 4.42 Å². The van der Waals surface area contributed by atoms with Crippen LogP contribution in [-0.4, -0.2) is 10.9 Å². The molecular weight excluding hydrogens is 192 g/mol. The van der Waals surface area contributed by atoms with Crippen LogP contribution in [0.4, 0.5) is 0 Å². The van der Waals surface area contributed by atoms with Crippen molar-refractivity contribution in [1.29, 1.82) is 0 Å². The SMILES string of the molecule is C=CC(=O)NCc1nc(C2CC2)oc1C. The quantitative estimate of drug-likeness (QED) is 0.762. The van der Waals surface area contributed by atoms with Gasteiger partial charge in [0.15, 0.2) is 5.89 Å². The van der Waals surface area contributed by atoms with Gasteiger partial charge in [-0.25, -0.2) is 4.98 Å². The zero-order chi connectivity index (χ0) is 10.8. The van der Waals surface area contributed by atoms with E-state index < -0.39 is 0 Å². The van der Waals surface area contributed by atoms with Crippen molar-refractivity contribution >= 4 is 5.91 Å². The standard InChI is InChI=1S/C11H14N2O2/c1-3-10(14)12-6-9-7(2)15-11(13-9)8-4-5-8/h3,8H,1,4-6H2,2H3,(H,12,14). The molecule has 1 saturated carbocycles. The van der Waals surface area contributed by atoms with Gasteiger partial charge in [0.1, 0.15) is 11.5 Å². The van der Waals surface area contributed by atoms with E-state index in [-0.39, 0.29) is 5.91 Å². The molecule has 0 aromatic carbocycles. The van der Waals surface area contributed by atoms with Gasteiger partial charge in [-0.1, -0.05) is 6.58 Å². The predicted octanol–water partition coefficient (Wildman–Crippen LogP) is 1.66. The summed E-state index contributed by atoms with van der Waals surface area (Å²) in [5, 5.41) is 2.68. The molecule has 2 rings (SSSR count). The fourth-order valence-corrected chi connectivity index (χ4v) is 1.36. The summed E-state index contributed by atoms with van der Waals surface area (Å²) in [6.45, 7) is 5.66. The van der Waals surface area contributed by atoms with E-state index in [1.165, 1.54) is 18.9 Å². The number of nitrogens with zero attached hydrogens (tertiary/aromatic N) is 1. The largest absolute Gasteiger partial charge is 0.445 e. The zero-order valence-corrected chi connectivity index (χ0v) is 8.75. The summed E-state index contributed by atoms with van der Waals surface area (Å²) in [5.74, 6) is 1.93. The van der Waals surface area contributed by atoms with Crippen LogP contribution < -0.4 is 5.32 Å². The molecule has 0 bridgehead atoms. The highest BCUT2D eigenvalue weighted by Gasteiger charge is 2.29. The van der Waals surface area contributed by atoms with Crippen LogP contribution >= 0.6 is 0 Å². The average molecular weight is 206 g/mol. The molecule has 15 heavy (non-hydrogen) atoms. The minimum Gasteiger partial charge on any atom is -0.445 e. The Morgan fingerprint density at radius 3 is 3.07 bits per heavy atom. The predicted molar refractivity (Wildman–Crippen MR) is 55.3 cm³/mol. The van der Waals surface area contributed by atoms with E-state index in [1.54, 1.807) is 0 Å². The number of carbonyl (C=O) groups excluding carboxylic acids is 1. The van der Waals surface area contributed by atoms with Gasteiger partial charge in [-0.15, -0.1) is 0 Å². The lowest BCUT2D eigenvalue weighted by Crippen LogP contribution is -2.20. The smallest absolute Gasteiger partial charge is 0.243 e. The van der Waals surface area contributed by atoms with E-state index >= 15 is 0 Å². The van der Waals surface area contributed by atoms with Gasteiger partial charge in [-0.05, 0) is 25.8 Å². The van der Waals surface area contributed by atoms with Crippen LogP contribution in [0, 0.1) is 6.92 Å². The van der Waals surface area contributed by atoms with Crippen LogP contribution in [0.1, 0.15) is 36.1 Å². The molecule has 1 aromatic heterocycles. The molecule has 4 nitrogen and oxygen atoms in total. The highest BCUT2D eigenvalue weighted by molar-refractivity contribution is 5.86. The summed E-state index contributed by atoms with van der Waals surface area (Å²) in [7, 11) is 0. The zero-order valence-electron chi connectivity index (χ0n) is 8.75. The summed E-state index contributed by atoms with van der Waals surface area (Å²) in [6.07, 6.45) is 3.58. The van der Waals surface area contributed by atoms with E-state index in [0.717, 1.165) is 17.3 Å². The van der Waals surface area contributed by atoms with Gasteiger partial charge >= 0.3 is 0 Å². The van der Waals surface area contributed by atoms with Crippen molar-refractivity contribution in [3.63, 3.8) is 0 Å². The van der Waals surface area contributed by atoms with Crippen LogP contribution in [-0.2, 0) is 11.3 Å². The Morgan fingerprint density at radius 2 is 2.47 bits per heavy atom. The Kier molecular flexibility index (Phi) is 2.58. The van der Waals surface area contributed by atoms with Crippen molar-refractivity contribution < 1.29 is 9.21 Å². The number of carbonyl (C=O) groups is 1. The second kappa shape index (κ2) is 3.88. The molecule has 0 aliphatic heterocycles. The fraction of sp³-hybridized carbons (Fsp3) is 0.455. The molecule has 1 aliphatic carbocycles. The fourth-order valence-electron chi connectivity index (χ4n) is 1.36. The molecule has 0 spiro atoms. The second-order valence-corrected chi connectivity index (χ2v) is 3.75. The van der Waals surface area contributed by atoms with E-state index in [0.29, 0.717) is 12.5 Å². The maximum Gasteiger partial charge on any atom is 0.243 e. The van der Waals surface area contributed by atoms with Crippen molar-refractivity contribution in [3.8, 4) is 0 Å². The Balaban J connectivity index is 2.00. The molecule has 0 atom stereocenters. The van der Waals surface area contributed by atoms with Gasteiger partial charge in [-0.3, -0.25) is 4.79 Å². The van der Waals surface area contributed by atoms with Crippen molar-refractivity contribution in [2.24, 2.45) is 0 Å². The third-order valence-corrected chi connectivity index (χ3v) is 2.45. The molecule has 4 heteroatoms. The van der Waals surface area contributed by atoms with Crippen LogP contribution in [0.3, 0.4) is 0 Å². The van der Waals surface area contributed by atoms with Gasteiger partial charge in [0.2, 0.25) is 5.91 Å². The molecule has 0 radical (unpaired) electrons. The van der Waals surface area contributed by atoms with Crippen molar-refractivity contribution in [2.75, 3.05) is 0 Å². The Labute approximate surface area is 88.4 Å². The lowest BCUT2D eigenvalue weighted by atomic mass is 10.3. The lowest BCUT2D eigenvalue weighted by molar-refractivity contribution is -0.116. The molecule has 1 amide bonds. The van der Waals surface area contributed by atoms with Crippen molar-refractivity contribution in [2.45, 2.75) is 32.2 Å². The highest BCUT2D eigenvalue weighted by atomic mass is 16.4. The first-order chi connectivity index (χ1) is 7.20. The second-order valence-electron chi connectivity index (χ2n) is 3.75. The molecule has 80 valence electrons. The summed E-state index contributed by atoms with van der Waals surface area (Å²) in [4.78, 5) is 15.3. The first kappa shape index (κ1) is 9.96. The summed E-state index contributed by atoms with van der Waals surface area (Å²) < 4.78 is 5.52. The van der Waals surface area contributed by atoms with E-state index in [9.17, 15) is 4.79 Å². The van der Waals surface area contributed by atoms with Crippen LogP contribution in [0.15, 0.2) is 17.1 Å². The number of hydrogen-bond acceptors (Lipinski definition) is 3. The molecule has 1 heterocycles. The van der Waals surface area contributed by atoms with Gasteiger partial charge < -0.3 is 9.73 Å². The Hall–Kier alpha value is -1.58. The minimum atomic E-state index is -0.189. The van der Waals surface area contributed by atoms with Crippen LogP contribution in [0.2, 0.25) is 0 Å². The van der Waals surface area contributed by atoms with Gasteiger partial charge in [-0.2, -0.15) is 0 Å². The molecule has 1 N–H and O–H groups in total. The average Bonchev–Trinajstić information content (AvgIpc) is 3.00. The van der Waals surface area contributed by atoms with Gasteiger partial charge in [0.25, 0.3) is 0 Å². The third kappa shape index (κ3) is 2.26. The third-order valence-electron chi connectivity index (χ3n) is 2.45. The van der Waals surface area contributed by atoms with Crippen molar-refractivity contribution in [3.05, 3.63) is 30.0 Å². The number of rotatable bonds is 4. The van der Waals surface area contributed by atoms with E-state index in [1.807, 2.05) is 6.92 Å². The Bertz CT molecular complexity index is 391. The summed E-state index contributed by atoms with van der Waals surface area (Å²) in [6, 6.07) is 0. The monoisotopic (exact) mass is 206 g/mol. The summed E-state index contributed by atoms with van der Waals surface area (Å²) >= 11 is 0. The maximum atomic E-state index is 11.0. The molecule has 1 fully saturated rings. The van der Waals surface area contributed by atoms with Gasteiger partial charge in [0, 0.05) is 5.92 Å². The highest BCUT2D eigenvalue weighted by Crippen LogP contribution is 2.39. The number of aromatic nitrogens is 1. The normalized spacial score (nSPS) is 15.0. The van der Waals surface area contributed by atoms with Crippen LogP contribution in [0.5, 0.6) is 0 Å². The molecule has 0 unspecified atom stereocenters. The molecular formula is C11H14N2O2. The molecule has 0 saturated heterocycles. The van der Waals surface area contributed by atoms with E-state index in [2.05, 4.69) is 16.9 Å². The molecule has 1 aliphatic rings. The first-order valence-corrected chi connectivity index (χ1v) is 5.07. The molecule has 1 aromatic rings. The number of hydrogen-bond donors (Lipinski definition) is 1. The van der Waals surface area contributed by atoms with Crippen molar-refractivity contribution in [1.82, 2.24) is 10.3 Å².